The molecule has 0 bridgehead atoms. The Morgan fingerprint density at radius 2 is 2.05 bits per heavy atom. The van der Waals surface area contributed by atoms with Crippen molar-refractivity contribution in [2.45, 2.75) is 43.9 Å². The SMILES string of the molecule is CC(C)(C)C1CCSC(Nc2ccccc2SC(F)F)=N1. The molecular weight excluding hydrogens is 310 g/mol. The van der Waals surface area contributed by atoms with Crippen molar-refractivity contribution in [3.05, 3.63) is 24.3 Å². The van der Waals surface area contributed by atoms with E-state index < -0.39 is 5.76 Å². The van der Waals surface area contributed by atoms with E-state index >= 15 is 0 Å². The predicted octanol–water partition coefficient (Wildman–Crippen LogP) is 5.32. The van der Waals surface area contributed by atoms with E-state index in [1.54, 1.807) is 23.9 Å². The Bertz CT molecular complexity index is 513. The number of halogens is 2. The zero-order valence-corrected chi connectivity index (χ0v) is 14.0. The summed E-state index contributed by atoms with van der Waals surface area (Å²) >= 11 is 2.21. The van der Waals surface area contributed by atoms with Crippen LogP contribution in [0.2, 0.25) is 0 Å². The number of amidine groups is 1. The summed E-state index contributed by atoms with van der Waals surface area (Å²) in [6.07, 6.45) is 1.05. The van der Waals surface area contributed by atoms with Crippen molar-refractivity contribution < 1.29 is 8.78 Å². The van der Waals surface area contributed by atoms with Gasteiger partial charge in [0, 0.05) is 10.6 Å². The van der Waals surface area contributed by atoms with E-state index in [-0.39, 0.29) is 11.5 Å². The Hall–Kier alpha value is -0.750. The van der Waals surface area contributed by atoms with Crippen molar-refractivity contribution in [3.8, 4) is 0 Å². The lowest BCUT2D eigenvalue weighted by Gasteiger charge is -2.31. The van der Waals surface area contributed by atoms with Gasteiger partial charge in [-0.15, -0.1) is 0 Å². The van der Waals surface area contributed by atoms with Crippen LogP contribution in [0.4, 0.5) is 14.5 Å². The highest BCUT2D eigenvalue weighted by molar-refractivity contribution is 8.14. The predicted molar refractivity (Wildman–Crippen MR) is 89.7 cm³/mol. The summed E-state index contributed by atoms with van der Waals surface area (Å²) in [5.41, 5.74) is 0.814. The Morgan fingerprint density at radius 1 is 1.33 bits per heavy atom. The highest BCUT2D eigenvalue weighted by Crippen LogP contribution is 2.34. The quantitative estimate of drug-likeness (QED) is 0.759. The Morgan fingerprint density at radius 3 is 2.71 bits per heavy atom. The number of hydrogen-bond donors (Lipinski definition) is 1. The van der Waals surface area contributed by atoms with Gasteiger partial charge < -0.3 is 5.32 Å². The van der Waals surface area contributed by atoms with Gasteiger partial charge in [-0.1, -0.05) is 56.4 Å². The molecule has 0 saturated heterocycles. The summed E-state index contributed by atoms with van der Waals surface area (Å²) in [5.74, 6) is -1.42. The van der Waals surface area contributed by atoms with Crippen LogP contribution in [0.25, 0.3) is 0 Å². The van der Waals surface area contributed by atoms with Gasteiger partial charge in [-0.25, -0.2) is 0 Å². The van der Waals surface area contributed by atoms with Crippen LogP contribution >= 0.6 is 23.5 Å². The summed E-state index contributed by atoms with van der Waals surface area (Å²) in [5, 5.41) is 4.04. The molecule has 1 heterocycles. The number of thioether (sulfide) groups is 2. The van der Waals surface area contributed by atoms with Gasteiger partial charge in [-0.2, -0.15) is 8.78 Å². The summed E-state index contributed by atoms with van der Waals surface area (Å²) in [7, 11) is 0. The van der Waals surface area contributed by atoms with E-state index in [4.69, 9.17) is 4.99 Å². The number of anilines is 1. The highest BCUT2D eigenvalue weighted by Gasteiger charge is 2.27. The molecule has 0 aromatic heterocycles. The summed E-state index contributed by atoms with van der Waals surface area (Å²) in [4.78, 5) is 5.29. The molecule has 1 aromatic carbocycles. The molecule has 116 valence electrons. The van der Waals surface area contributed by atoms with Crippen LogP contribution in [0.5, 0.6) is 0 Å². The molecule has 0 aliphatic carbocycles. The lowest BCUT2D eigenvalue weighted by atomic mass is 9.85. The number of nitrogens with zero attached hydrogens (tertiary/aromatic N) is 1. The minimum absolute atomic E-state index is 0.116. The van der Waals surface area contributed by atoms with E-state index in [0.717, 1.165) is 17.3 Å². The first-order valence-corrected chi connectivity index (χ1v) is 8.74. The van der Waals surface area contributed by atoms with Gasteiger partial charge in [0.25, 0.3) is 5.76 Å². The van der Waals surface area contributed by atoms with Crippen molar-refractivity contribution in [1.29, 1.82) is 0 Å². The van der Waals surface area contributed by atoms with E-state index in [9.17, 15) is 8.78 Å². The van der Waals surface area contributed by atoms with Crippen molar-refractivity contribution in [1.82, 2.24) is 0 Å². The number of hydrogen-bond acceptors (Lipinski definition) is 4. The minimum Gasteiger partial charge on any atom is -0.334 e. The first-order valence-electron chi connectivity index (χ1n) is 6.88. The third-order valence-corrected chi connectivity index (χ3v) is 4.96. The van der Waals surface area contributed by atoms with Crippen LogP contribution in [0, 0.1) is 5.41 Å². The fourth-order valence-corrected chi connectivity index (χ4v) is 3.60. The first kappa shape index (κ1) is 16.6. The fraction of sp³-hybridized carbons (Fsp3) is 0.533. The van der Waals surface area contributed by atoms with E-state index in [1.165, 1.54) is 0 Å². The topological polar surface area (TPSA) is 24.4 Å². The van der Waals surface area contributed by atoms with Crippen LogP contribution in [-0.4, -0.2) is 22.7 Å². The third kappa shape index (κ3) is 4.88. The average molecular weight is 330 g/mol. The molecule has 1 unspecified atom stereocenters. The number of benzene rings is 1. The van der Waals surface area contributed by atoms with E-state index in [2.05, 4.69) is 26.1 Å². The first-order chi connectivity index (χ1) is 9.86. The van der Waals surface area contributed by atoms with Crippen LogP contribution in [0.15, 0.2) is 34.2 Å². The second-order valence-electron chi connectivity index (χ2n) is 5.95. The molecule has 1 aromatic rings. The van der Waals surface area contributed by atoms with Gasteiger partial charge in [-0.05, 0) is 24.0 Å². The Balaban J connectivity index is 2.16. The largest absolute Gasteiger partial charge is 0.334 e. The molecule has 2 nitrogen and oxygen atoms in total. The van der Waals surface area contributed by atoms with Crippen LogP contribution in [0.1, 0.15) is 27.2 Å². The van der Waals surface area contributed by atoms with E-state index in [0.29, 0.717) is 22.3 Å². The lowest BCUT2D eigenvalue weighted by molar-refractivity contribution is 0.252. The number of rotatable bonds is 3. The lowest BCUT2D eigenvalue weighted by Crippen LogP contribution is -2.30. The Kier molecular flexibility index (Phi) is 5.54. The van der Waals surface area contributed by atoms with Gasteiger partial charge in [0.2, 0.25) is 0 Å². The zero-order valence-electron chi connectivity index (χ0n) is 12.4. The maximum absolute atomic E-state index is 12.6. The maximum atomic E-state index is 12.6. The van der Waals surface area contributed by atoms with Gasteiger partial charge in [0.15, 0.2) is 5.17 Å². The van der Waals surface area contributed by atoms with Crippen molar-refractivity contribution in [2.24, 2.45) is 10.4 Å². The number of nitrogens with one attached hydrogen (secondary N) is 1. The van der Waals surface area contributed by atoms with Gasteiger partial charge >= 0.3 is 0 Å². The summed E-state index contributed by atoms with van der Waals surface area (Å²) in [6.45, 7) is 6.53. The van der Waals surface area contributed by atoms with E-state index in [1.807, 2.05) is 12.1 Å². The molecule has 0 saturated carbocycles. The van der Waals surface area contributed by atoms with Crippen LogP contribution in [0.3, 0.4) is 0 Å². The van der Waals surface area contributed by atoms with Gasteiger partial charge in [0.05, 0.1) is 11.7 Å². The third-order valence-electron chi connectivity index (χ3n) is 3.25. The molecule has 0 radical (unpaired) electrons. The number of alkyl halides is 2. The molecule has 0 amide bonds. The monoisotopic (exact) mass is 330 g/mol. The number of para-hydroxylation sites is 1. The molecular formula is C15H20F2N2S2. The minimum atomic E-state index is -2.42. The van der Waals surface area contributed by atoms with Gasteiger partial charge in [-0.3, -0.25) is 4.99 Å². The number of aliphatic imine (C=N–C) groups is 1. The smallest absolute Gasteiger partial charge is 0.288 e. The van der Waals surface area contributed by atoms with Crippen molar-refractivity contribution >= 4 is 34.4 Å². The summed E-state index contributed by atoms with van der Waals surface area (Å²) < 4.78 is 25.2. The molecule has 1 N–H and O–H groups in total. The normalized spacial score (nSPS) is 19.5. The Labute approximate surface area is 133 Å². The highest BCUT2D eigenvalue weighted by atomic mass is 32.2. The second-order valence-corrected chi connectivity index (χ2v) is 8.07. The second kappa shape index (κ2) is 7.01. The standard InChI is InChI=1S/C15H20F2N2S2/c1-15(2,3)12-8-9-20-14(19-12)18-10-6-4-5-7-11(10)21-13(16)17/h4-7,12-13H,8-9H2,1-3H3,(H,18,19). The molecule has 0 fully saturated rings. The van der Waals surface area contributed by atoms with Crippen LogP contribution in [-0.2, 0) is 0 Å². The van der Waals surface area contributed by atoms with Gasteiger partial charge in [0.1, 0.15) is 0 Å². The zero-order chi connectivity index (χ0) is 15.5. The molecule has 1 atom stereocenters. The summed E-state index contributed by atoms with van der Waals surface area (Å²) in [6, 6.07) is 7.39. The average Bonchev–Trinajstić information content (AvgIpc) is 2.40. The molecule has 2 rings (SSSR count). The maximum Gasteiger partial charge on any atom is 0.288 e. The molecule has 6 heteroatoms. The van der Waals surface area contributed by atoms with Crippen molar-refractivity contribution in [3.63, 3.8) is 0 Å². The van der Waals surface area contributed by atoms with Crippen LogP contribution < -0.4 is 5.32 Å². The molecule has 21 heavy (non-hydrogen) atoms. The molecule has 0 spiro atoms. The fourth-order valence-electron chi connectivity index (χ4n) is 2.09. The molecule has 1 aliphatic rings. The molecule has 1 aliphatic heterocycles. The van der Waals surface area contributed by atoms with Crippen molar-refractivity contribution in [2.75, 3.05) is 11.1 Å².